The maximum Gasteiger partial charge on any atom is 0.259 e. The van der Waals surface area contributed by atoms with E-state index in [0.29, 0.717) is 28.5 Å². The number of hydrazone groups is 1. The molecule has 8 nitrogen and oxygen atoms in total. The van der Waals surface area contributed by atoms with Crippen LogP contribution < -0.4 is 20.2 Å². The number of fused-ring (bicyclic) bond motifs is 1. The molecule has 0 aliphatic carbocycles. The number of carbonyl (C=O) groups excluding carboxylic acids is 2. The fourth-order valence-corrected chi connectivity index (χ4v) is 2.12. The SMILES string of the molecule is CC(/C=C/c1ccco1)=N/NC(=O)CNC(=O)c1ccc2c(c1)OCO2. The van der Waals surface area contributed by atoms with Crippen molar-refractivity contribution < 1.29 is 23.5 Å². The van der Waals surface area contributed by atoms with E-state index in [4.69, 9.17) is 13.9 Å². The van der Waals surface area contributed by atoms with Crippen LogP contribution in [0.5, 0.6) is 11.5 Å². The zero-order valence-corrected chi connectivity index (χ0v) is 14.0. The third kappa shape index (κ3) is 4.50. The van der Waals surface area contributed by atoms with Crippen molar-refractivity contribution in [3.63, 3.8) is 0 Å². The fourth-order valence-electron chi connectivity index (χ4n) is 2.12. The van der Waals surface area contributed by atoms with Crippen LogP contribution in [0, 0.1) is 0 Å². The smallest absolute Gasteiger partial charge is 0.259 e. The fraction of sp³-hybridized carbons (Fsp3) is 0.167. The Morgan fingerprint density at radius 1 is 1.23 bits per heavy atom. The van der Waals surface area contributed by atoms with Crippen molar-refractivity contribution in [3.8, 4) is 11.5 Å². The van der Waals surface area contributed by atoms with Crippen LogP contribution in [0.2, 0.25) is 0 Å². The molecule has 8 heteroatoms. The highest BCUT2D eigenvalue weighted by Gasteiger charge is 2.16. The van der Waals surface area contributed by atoms with E-state index < -0.39 is 11.8 Å². The van der Waals surface area contributed by atoms with E-state index in [1.165, 1.54) is 0 Å². The Labute approximate surface area is 149 Å². The van der Waals surface area contributed by atoms with Crippen LogP contribution in [0.25, 0.3) is 6.08 Å². The van der Waals surface area contributed by atoms with E-state index in [2.05, 4.69) is 15.8 Å². The molecule has 2 amide bonds. The zero-order chi connectivity index (χ0) is 18.4. The molecule has 134 valence electrons. The molecule has 3 rings (SSSR count). The van der Waals surface area contributed by atoms with Gasteiger partial charge in [-0.05, 0) is 49.4 Å². The molecular weight excluding hydrogens is 338 g/mol. The van der Waals surface area contributed by atoms with Gasteiger partial charge in [0.2, 0.25) is 6.79 Å². The van der Waals surface area contributed by atoms with Crippen LogP contribution >= 0.6 is 0 Å². The quantitative estimate of drug-likeness (QED) is 0.609. The summed E-state index contributed by atoms with van der Waals surface area (Å²) in [5.74, 6) is 0.945. The summed E-state index contributed by atoms with van der Waals surface area (Å²) in [6.45, 7) is 1.66. The molecule has 1 aliphatic heterocycles. The van der Waals surface area contributed by atoms with Crippen LogP contribution in [-0.2, 0) is 4.79 Å². The lowest BCUT2D eigenvalue weighted by Gasteiger charge is -2.05. The largest absolute Gasteiger partial charge is 0.465 e. The number of furan rings is 1. The predicted octanol–water partition coefficient (Wildman–Crippen LogP) is 1.94. The first-order chi connectivity index (χ1) is 12.6. The lowest BCUT2D eigenvalue weighted by atomic mass is 10.2. The van der Waals surface area contributed by atoms with Crippen LogP contribution in [0.15, 0.2) is 52.2 Å². The Balaban J connectivity index is 1.46. The molecule has 0 saturated heterocycles. The van der Waals surface area contributed by atoms with E-state index >= 15 is 0 Å². The molecule has 0 bridgehead atoms. The van der Waals surface area contributed by atoms with Crippen molar-refractivity contribution in [1.82, 2.24) is 10.7 Å². The molecule has 2 N–H and O–H groups in total. The summed E-state index contributed by atoms with van der Waals surface area (Å²) < 4.78 is 15.6. The maximum absolute atomic E-state index is 12.1. The van der Waals surface area contributed by atoms with Crippen molar-refractivity contribution in [2.75, 3.05) is 13.3 Å². The molecule has 0 fully saturated rings. The van der Waals surface area contributed by atoms with E-state index in [9.17, 15) is 9.59 Å². The monoisotopic (exact) mass is 355 g/mol. The van der Waals surface area contributed by atoms with E-state index in [1.54, 1.807) is 55.7 Å². The second kappa shape index (κ2) is 8.02. The third-order valence-corrected chi connectivity index (χ3v) is 3.43. The second-order valence-corrected chi connectivity index (χ2v) is 5.39. The number of hydrogen-bond donors (Lipinski definition) is 2. The topological polar surface area (TPSA) is 102 Å². The first-order valence-electron chi connectivity index (χ1n) is 7.84. The highest BCUT2D eigenvalue weighted by atomic mass is 16.7. The standard InChI is InChI=1S/C18H17N3O5/c1-12(4-6-14-3-2-8-24-14)20-21-17(22)10-19-18(23)13-5-7-15-16(9-13)26-11-25-15/h2-9H,10-11H2,1H3,(H,19,23)(H,21,22)/b6-4+,20-12-. The number of hydrogen-bond acceptors (Lipinski definition) is 6. The Bertz CT molecular complexity index is 856. The number of nitrogens with one attached hydrogen (secondary N) is 2. The summed E-state index contributed by atoms with van der Waals surface area (Å²) in [6, 6.07) is 8.39. The maximum atomic E-state index is 12.1. The zero-order valence-electron chi connectivity index (χ0n) is 14.0. The minimum Gasteiger partial charge on any atom is -0.465 e. The number of nitrogens with zero attached hydrogens (tertiary/aromatic N) is 1. The van der Waals surface area contributed by atoms with E-state index in [-0.39, 0.29) is 13.3 Å². The van der Waals surface area contributed by atoms with Gasteiger partial charge in [0.05, 0.1) is 18.5 Å². The highest BCUT2D eigenvalue weighted by molar-refractivity contribution is 5.98. The van der Waals surface area contributed by atoms with Gasteiger partial charge >= 0.3 is 0 Å². The third-order valence-electron chi connectivity index (χ3n) is 3.43. The Morgan fingerprint density at radius 2 is 2.08 bits per heavy atom. The van der Waals surface area contributed by atoms with Crippen molar-refractivity contribution in [1.29, 1.82) is 0 Å². The summed E-state index contributed by atoms with van der Waals surface area (Å²) in [7, 11) is 0. The molecule has 1 aromatic heterocycles. The molecule has 0 spiro atoms. The predicted molar refractivity (Wildman–Crippen MR) is 93.9 cm³/mol. The molecule has 2 heterocycles. The first-order valence-corrected chi connectivity index (χ1v) is 7.84. The van der Waals surface area contributed by atoms with Crippen molar-refractivity contribution in [2.45, 2.75) is 6.92 Å². The summed E-state index contributed by atoms with van der Waals surface area (Å²) >= 11 is 0. The van der Waals surface area contributed by atoms with Gasteiger partial charge in [-0.1, -0.05) is 0 Å². The normalized spacial score (nSPS) is 13.0. The molecule has 2 aromatic rings. The van der Waals surface area contributed by atoms with Gasteiger partial charge in [0.15, 0.2) is 11.5 Å². The van der Waals surface area contributed by atoms with Gasteiger partial charge in [-0.15, -0.1) is 0 Å². The molecule has 1 aliphatic rings. The molecule has 0 radical (unpaired) electrons. The Kier molecular flexibility index (Phi) is 5.33. The van der Waals surface area contributed by atoms with Gasteiger partial charge in [0.25, 0.3) is 11.8 Å². The number of allylic oxidation sites excluding steroid dienone is 1. The number of carbonyl (C=O) groups is 2. The van der Waals surface area contributed by atoms with Gasteiger partial charge < -0.3 is 19.2 Å². The van der Waals surface area contributed by atoms with Crippen LogP contribution in [0.4, 0.5) is 0 Å². The van der Waals surface area contributed by atoms with Crippen LogP contribution in [-0.4, -0.2) is 30.9 Å². The van der Waals surface area contributed by atoms with Crippen molar-refractivity contribution >= 4 is 23.6 Å². The minimum absolute atomic E-state index is 0.133. The number of rotatable bonds is 6. The van der Waals surface area contributed by atoms with E-state index in [0.717, 1.165) is 0 Å². The van der Waals surface area contributed by atoms with Crippen molar-refractivity contribution in [3.05, 3.63) is 54.0 Å². The van der Waals surface area contributed by atoms with Gasteiger partial charge in [-0.2, -0.15) is 5.10 Å². The Hall–Kier alpha value is -3.55. The summed E-state index contributed by atoms with van der Waals surface area (Å²) in [5, 5.41) is 6.44. The summed E-state index contributed by atoms with van der Waals surface area (Å²) in [6.07, 6.45) is 4.99. The van der Waals surface area contributed by atoms with Gasteiger partial charge in [-0.25, -0.2) is 5.43 Å². The molecule has 0 unspecified atom stereocenters. The summed E-state index contributed by atoms with van der Waals surface area (Å²) in [5.41, 5.74) is 3.33. The lowest BCUT2D eigenvalue weighted by molar-refractivity contribution is -0.120. The lowest BCUT2D eigenvalue weighted by Crippen LogP contribution is -2.35. The van der Waals surface area contributed by atoms with Gasteiger partial charge in [0.1, 0.15) is 5.76 Å². The average Bonchev–Trinajstić information content (AvgIpc) is 3.33. The summed E-state index contributed by atoms with van der Waals surface area (Å²) in [4.78, 5) is 23.9. The molecule has 0 saturated carbocycles. The number of ether oxygens (including phenoxy) is 2. The average molecular weight is 355 g/mol. The van der Waals surface area contributed by atoms with Crippen LogP contribution in [0.3, 0.4) is 0 Å². The molecule has 26 heavy (non-hydrogen) atoms. The highest BCUT2D eigenvalue weighted by Crippen LogP contribution is 2.32. The van der Waals surface area contributed by atoms with Gasteiger partial charge in [0, 0.05) is 5.56 Å². The minimum atomic E-state index is -0.440. The second-order valence-electron chi connectivity index (χ2n) is 5.39. The Morgan fingerprint density at radius 3 is 2.88 bits per heavy atom. The van der Waals surface area contributed by atoms with Gasteiger partial charge in [-0.3, -0.25) is 9.59 Å². The van der Waals surface area contributed by atoms with E-state index in [1.807, 2.05) is 0 Å². The number of amides is 2. The number of benzene rings is 1. The molecule has 0 atom stereocenters. The van der Waals surface area contributed by atoms with Crippen molar-refractivity contribution in [2.24, 2.45) is 5.10 Å². The first kappa shape index (κ1) is 17.3. The van der Waals surface area contributed by atoms with Crippen LogP contribution in [0.1, 0.15) is 23.0 Å². The molecular formula is C18H17N3O5. The molecule has 1 aromatic carbocycles.